The molecule has 1 N–H and O–H groups in total. The molecule has 0 aliphatic carbocycles. The maximum atomic E-state index is 12.4. The summed E-state index contributed by atoms with van der Waals surface area (Å²) in [5.74, 6) is 0.649. The Bertz CT molecular complexity index is 765. The molecule has 5 nitrogen and oxygen atoms in total. The lowest BCUT2D eigenvalue weighted by Gasteiger charge is -2.23. The molecule has 6 heteroatoms. The number of ether oxygens (including phenoxy) is 2. The summed E-state index contributed by atoms with van der Waals surface area (Å²) in [5, 5.41) is 3.27. The number of carbonyl (C=O) groups is 1. The molecule has 2 rings (SSSR count). The lowest BCUT2D eigenvalue weighted by atomic mass is 10.2. The molecule has 2 aromatic rings. The Morgan fingerprint density at radius 1 is 1.19 bits per heavy atom. The lowest BCUT2D eigenvalue weighted by molar-refractivity contribution is 0.0954. The first kappa shape index (κ1) is 19.9. The van der Waals surface area contributed by atoms with Gasteiger partial charge in [-0.3, -0.25) is 4.79 Å². The van der Waals surface area contributed by atoms with Gasteiger partial charge in [-0.1, -0.05) is 23.7 Å². The van der Waals surface area contributed by atoms with Gasteiger partial charge in [0.2, 0.25) is 0 Å². The second kappa shape index (κ2) is 9.34. The van der Waals surface area contributed by atoms with E-state index in [0.717, 1.165) is 12.2 Å². The Hall–Kier alpha value is -2.40. The molecule has 0 spiro atoms. The van der Waals surface area contributed by atoms with Crippen LogP contribution in [0.2, 0.25) is 5.02 Å². The highest BCUT2D eigenvalue weighted by Crippen LogP contribution is 2.35. The van der Waals surface area contributed by atoms with Crippen LogP contribution < -0.4 is 19.7 Å². The summed E-state index contributed by atoms with van der Waals surface area (Å²) in [7, 11) is 3.02. The summed E-state index contributed by atoms with van der Waals surface area (Å²) in [6.45, 7) is 6.26. The Morgan fingerprint density at radius 3 is 2.58 bits per heavy atom. The molecule has 0 heterocycles. The molecule has 0 unspecified atom stereocenters. The van der Waals surface area contributed by atoms with Crippen molar-refractivity contribution in [2.75, 3.05) is 38.8 Å². The first-order chi connectivity index (χ1) is 12.5. The number of benzene rings is 2. The maximum Gasteiger partial charge on any atom is 0.251 e. The van der Waals surface area contributed by atoms with E-state index >= 15 is 0 Å². The van der Waals surface area contributed by atoms with Crippen molar-refractivity contribution >= 4 is 23.2 Å². The number of rotatable bonds is 8. The van der Waals surface area contributed by atoms with E-state index in [4.69, 9.17) is 21.1 Å². The molecule has 0 fully saturated rings. The number of methoxy groups -OCH3 is 2. The van der Waals surface area contributed by atoms with Crippen LogP contribution >= 0.6 is 11.6 Å². The predicted molar refractivity (Wildman–Crippen MR) is 106 cm³/mol. The summed E-state index contributed by atoms with van der Waals surface area (Å²) >= 11 is 6.17. The van der Waals surface area contributed by atoms with Gasteiger partial charge in [-0.15, -0.1) is 0 Å². The van der Waals surface area contributed by atoms with Crippen LogP contribution in [0.25, 0.3) is 0 Å². The van der Waals surface area contributed by atoms with Crippen molar-refractivity contribution in [3.63, 3.8) is 0 Å². The average molecular weight is 377 g/mol. The van der Waals surface area contributed by atoms with E-state index in [1.165, 1.54) is 19.8 Å². The van der Waals surface area contributed by atoms with E-state index in [1.807, 2.05) is 6.07 Å². The quantitative estimate of drug-likeness (QED) is 0.758. The van der Waals surface area contributed by atoms with Crippen molar-refractivity contribution in [3.8, 4) is 11.5 Å². The molecular weight excluding hydrogens is 352 g/mol. The summed E-state index contributed by atoms with van der Waals surface area (Å²) in [5.41, 5.74) is 2.80. The lowest BCUT2D eigenvalue weighted by Crippen LogP contribution is -2.35. The van der Waals surface area contributed by atoms with Crippen molar-refractivity contribution in [2.24, 2.45) is 0 Å². The van der Waals surface area contributed by atoms with Gasteiger partial charge in [0.15, 0.2) is 11.5 Å². The molecule has 1 amide bonds. The number of halogens is 1. The zero-order chi connectivity index (χ0) is 19.1. The number of anilines is 1. The van der Waals surface area contributed by atoms with Crippen LogP contribution in [0.3, 0.4) is 0 Å². The number of aryl methyl sites for hydroxylation is 1. The smallest absolute Gasteiger partial charge is 0.251 e. The Labute approximate surface area is 159 Å². The fraction of sp³-hybridized carbons (Fsp3) is 0.350. The summed E-state index contributed by atoms with van der Waals surface area (Å²) in [6.07, 6.45) is 0. The molecule has 0 radical (unpaired) electrons. The zero-order valence-electron chi connectivity index (χ0n) is 15.6. The van der Waals surface area contributed by atoms with Crippen LogP contribution in [0.5, 0.6) is 11.5 Å². The third-order valence-corrected chi connectivity index (χ3v) is 4.39. The van der Waals surface area contributed by atoms with Crippen LogP contribution in [-0.2, 0) is 0 Å². The minimum absolute atomic E-state index is 0.201. The van der Waals surface area contributed by atoms with Crippen molar-refractivity contribution in [1.29, 1.82) is 0 Å². The van der Waals surface area contributed by atoms with E-state index in [9.17, 15) is 4.79 Å². The van der Waals surface area contributed by atoms with Gasteiger partial charge < -0.3 is 19.7 Å². The first-order valence-electron chi connectivity index (χ1n) is 8.51. The number of nitrogens with one attached hydrogen (secondary N) is 1. The van der Waals surface area contributed by atoms with Gasteiger partial charge in [0.05, 0.1) is 19.2 Å². The Kier molecular flexibility index (Phi) is 7.16. The second-order valence-electron chi connectivity index (χ2n) is 5.87. The molecule has 0 aromatic heterocycles. The fourth-order valence-corrected chi connectivity index (χ4v) is 3.04. The van der Waals surface area contributed by atoms with Crippen LogP contribution in [-0.4, -0.2) is 39.8 Å². The zero-order valence-corrected chi connectivity index (χ0v) is 16.4. The molecule has 2 aromatic carbocycles. The van der Waals surface area contributed by atoms with E-state index in [2.05, 4.69) is 42.3 Å². The van der Waals surface area contributed by atoms with Gasteiger partial charge in [-0.2, -0.15) is 0 Å². The largest absolute Gasteiger partial charge is 0.493 e. The summed E-state index contributed by atoms with van der Waals surface area (Å²) in [6, 6.07) is 11.5. The minimum Gasteiger partial charge on any atom is -0.493 e. The third kappa shape index (κ3) is 4.82. The SMILES string of the molecule is CCN(CCNC(=O)c1cc(Cl)c(OC)c(OC)c1)c1cccc(C)c1. The molecule has 0 bridgehead atoms. The monoisotopic (exact) mass is 376 g/mol. The van der Waals surface area contributed by atoms with Gasteiger partial charge in [-0.05, 0) is 43.7 Å². The van der Waals surface area contributed by atoms with Crippen molar-refractivity contribution < 1.29 is 14.3 Å². The van der Waals surface area contributed by atoms with E-state index < -0.39 is 0 Å². The van der Waals surface area contributed by atoms with Gasteiger partial charge in [0.25, 0.3) is 5.91 Å². The van der Waals surface area contributed by atoms with Crippen molar-refractivity contribution in [3.05, 3.63) is 52.5 Å². The number of amides is 1. The summed E-state index contributed by atoms with van der Waals surface area (Å²) < 4.78 is 10.4. The molecule has 0 saturated heterocycles. The molecular formula is C20H25ClN2O3. The predicted octanol–water partition coefficient (Wildman–Crippen LogP) is 3.92. The van der Waals surface area contributed by atoms with Crippen LogP contribution in [0.15, 0.2) is 36.4 Å². The van der Waals surface area contributed by atoms with Crippen molar-refractivity contribution in [2.45, 2.75) is 13.8 Å². The number of hydrogen-bond acceptors (Lipinski definition) is 4. The molecule has 0 aliphatic heterocycles. The average Bonchev–Trinajstić information content (AvgIpc) is 2.64. The molecule has 140 valence electrons. The summed E-state index contributed by atoms with van der Waals surface area (Å²) in [4.78, 5) is 14.7. The standard InChI is InChI=1S/C20H25ClN2O3/c1-5-23(16-8-6-7-14(2)11-16)10-9-22-20(24)15-12-17(21)19(26-4)18(13-15)25-3/h6-8,11-13H,5,9-10H2,1-4H3,(H,22,24). The second-order valence-corrected chi connectivity index (χ2v) is 6.28. The third-order valence-electron chi connectivity index (χ3n) is 4.11. The highest BCUT2D eigenvalue weighted by atomic mass is 35.5. The highest BCUT2D eigenvalue weighted by Gasteiger charge is 2.15. The topological polar surface area (TPSA) is 50.8 Å². The highest BCUT2D eigenvalue weighted by molar-refractivity contribution is 6.32. The first-order valence-corrected chi connectivity index (χ1v) is 8.89. The fourth-order valence-electron chi connectivity index (χ4n) is 2.75. The maximum absolute atomic E-state index is 12.4. The van der Waals surface area contributed by atoms with Crippen molar-refractivity contribution in [1.82, 2.24) is 5.32 Å². The number of carbonyl (C=O) groups excluding carboxylic acids is 1. The normalized spacial score (nSPS) is 10.3. The van der Waals surface area contributed by atoms with Crippen LogP contribution in [0, 0.1) is 6.92 Å². The van der Waals surface area contributed by atoms with E-state index in [1.54, 1.807) is 12.1 Å². The van der Waals surface area contributed by atoms with Crippen LogP contribution in [0.1, 0.15) is 22.8 Å². The van der Waals surface area contributed by atoms with Crippen LogP contribution in [0.4, 0.5) is 5.69 Å². The Morgan fingerprint density at radius 2 is 1.96 bits per heavy atom. The van der Waals surface area contributed by atoms with Gasteiger partial charge >= 0.3 is 0 Å². The molecule has 0 atom stereocenters. The molecule has 26 heavy (non-hydrogen) atoms. The molecule has 0 saturated carbocycles. The van der Waals surface area contributed by atoms with E-state index in [-0.39, 0.29) is 5.91 Å². The van der Waals surface area contributed by atoms with Gasteiger partial charge in [-0.25, -0.2) is 0 Å². The minimum atomic E-state index is -0.201. The Balaban J connectivity index is 2.01. The van der Waals surface area contributed by atoms with Gasteiger partial charge in [0, 0.05) is 30.9 Å². The number of hydrogen-bond donors (Lipinski definition) is 1. The molecule has 0 aliphatic rings. The van der Waals surface area contributed by atoms with Gasteiger partial charge in [0.1, 0.15) is 0 Å². The number of nitrogens with zero attached hydrogens (tertiary/aromatic N) is 1. The van der Waals surface area contributed by atoms with E-state index in [0.29, 0.717) is 35.2 Å². The number of likely N-dealkylation sites (N-methyl/N-ethyl adjacent to an activating group) is 1.